The van der Waals surface area contributed by atoms with Crippen LogP contribution >= 0.6 is 0 Å². The number of nitrogens with one attached hydrogen (secondary N) is 2. The molecule has 0 spiro atoms. The smallest absolute Gasteiger partial charge is 0.314 e. The summed E-state index contributed by atoms with van der Waals surface area (Å²) in [7, 11) is 0. The van der Waals surface area contributed by atoms with Gasteiger partial charge >= 0.3 is 6.03 Å². The van der Waals surface area contributed by atoms with E-state index in [1.54, 1.807) is 19.1 Å². The monoisotopic (exact) mass is 204 g/mol. The lowest BCUT2D eigenvalue weighted by Gasteiger charge is -2.03. The normalized spacial score (nSPS) is 10.6. The summed E-state index contributed by atoms with van der Waals surface area (Å²) in [5.41, 5.74) is 1.16. The Morgan fingerprint density at radius 1 is 1.27 bits per heavy atom. The van der Waals surface area contributed by atoms with Gasteiger partial charge in [-0.05, 0) is 19.1 Å². The molecule has 0 atom stereocenters. The highest BCUT2D eigenvalue weighted by atomic mass is 16.2. The Morgan fingerprint density at radius 3 is 2.53 bits per heavy atom. The van der Waals surface area contributed by atoms with Crippen molar-refractivity contribution in [2.45, 2.75) is 6.92 Å². The second-order valence-corrected chi connectivity index (χ2v) is 2.97. The van der Waals surface area contributed by atoms with Gasteiger partial charge in [-0.15, -0.1) is 0 Å². The summed E-state index contributed by atoms with van der Waals surface area (Å²) < 4.78 is 0. The maximum absolute atomic E-state index is 11.3. The highest BCUT2D eigenvalue weighted by Gasteiger charge is 1.97. The third-order valence-electron chi connectivity index (χ3n) is 1.65. The van der Waals surface area contributed by atoms with Gasteiger partial charge < -0.3 is 10.6 Å². The van der Waals surface area contributed by atoms with Gasteiger partial charge in [0.25, 0.3) is 0 Å². The zero-order valence-corrected chi connectivity index (χ0v) is 8.36. The van der Waals surface area contributed by atoms with Crippen LogP contribution in [0.1, 0.15) is 6.92 Å². The number of amides is 2. The van der Waals surface area contributed by atoms with Gasteiger partial charge in [-0.1, -0.05) is 18.2 Å². The lowest BCUT2D eigenvalue weighted by atomic mass is 10.3. The van der Waals surface area contributed by atoms with E-state index in [1.807, 2.05) is 18.2 Å². The van der Waals surface area contributed by atoms with E-state index >= 15 is 0 Å². The largest absolute Gasteiger partial charge is 0.323 e. The average molecular weight is 204 g/mol. The Bertz CT molecular complexity index is 371. The van der Waals surface area contributed by atoms with E-state index in [2.05, 4.69) is 10.6 Å². The second-order valence-electron chi connectivity index (χ2n) is 2.97. The molecular weight excluding hydrogens is 192 g/mol. The lowest BCUT2D eigenvalue weighted by molar-refractivity contribution is -0.104. The molecule has 0 aliphatic heterocycles. The number of allylic oxidation sites excluding steroid dienone is 1. The zero-order chi connectivity index (χ0) is 11.1. The van der Waals surface area contributed by atoms with E-state index in [-0.39, 0.29) is 6.03 Å². The first-order valence-electron chi connectivity index (χ1n) is 4.47. The second kappa shape index (κ2) is 5.59. The van der Waals surface area contributed by atoms with Crippen molar-refractivity contribution in [3.05, 3.63) is 42.1 Å². The van der Waals surface area contributed by atoms with Crippen LogP contribution in [0, 0.1) is 0 Å². The standard InChI is InChI=1S/C11H12N2O2/c1-9(8-14)7-12-11(15)13-10-5-3-2-4-6-10/h2-8H,1H3,(H2,12,13,15). The van der Waals surface area contributed by atoms with Crippen molar-refractivity contribution in [3.63, 3.8) is 0 Å². The molecule has 1 aromatic carbocycles. The Labute approximate surface area is 88.0 Å². The fourth-order valence-electron chi connectivity index (χ4n) is 0.902. The molecule has 78 valence electrons. The van der Waals surface area contributed by atoms with Crippen LogP contribution in [-0.2, 0) is 4.79 Å². The maximum Gasteiger partial charge on any atom is 0.323 e. The molecule has 0 radical (unpaired) electrons. The number of urea groups is 1. The number of aldehydes is 1. The van der Waals surface area contributed by atoms with Gasteiger partial charge in [0, 0.05) is 17.5 Å². The number of benzene rings is 1. The van der Waals surface area contributed by atoms with Crippen molar-refractivity contribution in [2.24, 2.45) is 0 Å². The topological polar surface area (TPSA) is 58.2 Å². The number of rotatable bonds is 3. The molecule has 0 aromatic heterocycles. The molecule has 1 rings (SSSR count). The summed E-state index contributed by atoms with van der Waals surface area (Å²) >= 11 is 0. The van der Waals surface area contributed by atoms with Crippen LogP contribution < -0.4 is 10.6 Å². The molecule has 15 heavy (non-hydrogen) atoms. The summed E-state index contributed by atoms with van der Waals surface area (Å²) in [5, 5.41) is 5.05. The van der Waals surface area contributed by atoms with Gasteiger partial charge in [0.2, 0.25) is 0 Å². The van der Waals surface area contributed by atoms with Gasteiger partial charge in [0.15, 0.2) is 0 Å². The number of carbonyl (C=O) groups excluding carboxylic acids is 2. The van der Waals surface area contributed by atoms with Gasteiger partial charge in [-0.25, -0.2) is 4.79 Å². The highest BCUT2D eigenvalue weighted by molar-refractivity contribution is 5.90. The highest BCUT2D eigenvalue weighted by Crippen LogP contribution is 2.03. The fourth-order valence-corrected chi connectivity index (χ4v) is 0.902. The molecule has 0 saturated heterocycles. The first kappa shape index (κ1) is 11.0. The summed E-state index contributed by atoms with van der Waals surface area (Å²) in [5.74, 6) is 0. The predicted octanol–water partition coefficient (Wildman–Crippen LogP) is 1.91. The van der Waals surface area contributed by atoms with Crippen LogP contribution in [-0.4, -0.2) is 12.3 Å². The Balaban J connectivity index is 2.47. The molecule has 0 unspecified atom stereocenters. The van der Waals surface area contributed by atoms with Crippen molar-refractivity contribution < 1.29 is 9.59 Å². The number of carbonyl (C=O) groups is 2. The maximum atomic E-state index is 11.3. The molecule has 2 N–H and O–H groups in total. The van der Waals surface area contributed by atoms with Crippen LogP contribution in [0.3, 0.4) is 0 Å². The molecular formula is C11H12N2O2. The Kier molecular flexibility index (Phi) is 4.09. The van der Waals surface area contributed by atoms with Gasteiger partial charge in [0.05, 0.1) is 0 Å². The molecule has 4 heteroatoms. The van der Waals surface area contributed by atoms with Crippen molar-refractivity contribution in [2.75, 3.05) is 5.32 Å². The van der Waals surface area contributed by atoms with Crippen LogP contribution in [0.25, 0.3) is 0 Å². The van der Waals surface area contributed by atoms with Gasteiger partial charge in [-0.3, -0.25) is 4.79 Å². The Hall–Kier alpha value is -2.10. The number of hydrogen-bond acceptors (Lipinski definition) is 2. The summed E-state index contributed by atoms with van der Waals surface area (Å²) in [6.07, 6.45) is 2.02. The van der Waals surface area contributed by atoms with E-state index in [4.69, 9.17) is 0 Å². The van der Waals surface area contributed by atoms with E-state index in [1.165, 1.54) is 6.20 Å². The van der Waals surface area contributed by atoms with Crippen molar-refractivity contribution in [1.82, 2.24) is 5.32 Å². The minimum absolute atomic E-state index is 0.373. The SMILES string of the molecule is CC(C=O)=CNC(=O)Nc1ccccc1. The van der Waals surface area contributed by atoms with E-state index < -0.39 is 0 Å². The van der Waals surface area contributed by atoms with Crippen LogP contribution in [0.2, 0.25) is 0 Å². The molecule has 0 saturated carbocycles. The van der Waals surface area contributed by atoms with Crippen molar-refractivity contribution in [3.8, 4) is 0 Å². The molecule has 0 aliphatic rings. The third-order valence-corrected chi connectivity index (χ3v) is 1.65. The van der Waals surface area contributed by atoms with E-state index in [9.17, 15) is 9.59 Å². The summed E-state index contributed by atoms with van der Waals surface area (Å²) in [6, 6.07) is 8.68. The average Bonchev–Trinajstić information content (AvgIpc) is 2.27. The molecule has 0 aliphatic carbocycles. The van der Waals surface area contributed by atoms with E-state index in [0.29, 0.717) is 17.5 Å². The molecule has 4 nitrogen and oxygen atoms in total. The minimum atomic E-state index is -0.373. The van der Waals surface area contributed by atoms with Crippen LogP contribution in [0.5, 0.6) is 0 Å². The first-order valence-corrected chi connectivity index (χ1v) is 4.47. The van der Waals surface area contributed by atoms with Crippen LogP contribution in [0.15, 0.2) is 42.1 Å². The quantitative estimate of drug-likeness (QED) is 0.583. The third kappa shape index (κ3) is 4.08. The number of para-hydroxylation sites is 1. The number of anilines is 1. The first-order chi connectivity index (χ1) is 7.22. The molecule has 2 amide bonds. The fraction of sp³-hybridized carbons (Fsp3) is 0.0909. The number of hydrogen-bond donors (Lipinski definition) is 2. The lowest BCUT2D eigenvalue weighted by Crippen LogP contribution is -2.24. The molecule has 1 aromatic rings. The summed E-state index contributed by atoms with van der Waals surface area (Å²) in [4.78, 5) is 21.5. The van der Waals surface area contributed by atoms with Gasteiger partial charge in [-0.2, -0.15) is 0 Å². The molecule has 0 fully saturated rings. The van der Waals surface area contributed by atoms with Gasteiger partial charge in [0.1, 0.15) is 6.29 Å². The van der Waals surface area contributed by atoms with E-state index in [0.717, 1.165) is 0 Å². The van der Waals surface area contributed by atoms with Crippen molar-refractivity contribution >= 4 is 18.0 Å². The Morgan fingerprint density at radius 2 is 1.93 bits per heavy atom. The minimum Gasteiger partial charge on any atom is -0.314 e. The van der Waals surface area contributed by atoms with Crippen molar-refractivity contribution in [1.29, 1.82) is 0 Å². The molecule has 0 heterocycles. The predicted molar refractivity (Wildman–Crippen MR) is 58.4 cm³/mol. The molecule has 0 bridgehead atoms. The van der Waals surface area contributed by atoms with Crippen LogP contribution in [0.4, 0.5) is 10.5 Å². The summed E-state index contributed by atoms with van der Waals surface area (Å²) in [6.45, 7) is 1.61. The zero-order valence-electron chi connectivity index (χ0n) is 8.36.